The van der Waals surface area contributed by atoms with Gasteiger partial charge in [0.05, 0.1) is 24.5 Å². The van der Waals surface area contributed by atoms with Crippen LogP contribution in [0.1, 0.15) is 11.1 Å². The second-order valence-corrected chi connectivity index (χ2v) is 23.0. The van der Waals surface area contributed by atoms with Crippen molar-refractivity contribution in [1.82, 2.24) is 0 Å². The fourth-order valence-corrected chi connectivity index (χ4v) is 11.7. The van der Waals surface area contributed by atoms with Gasteiger partial charge in [-0.3, -0.25) is 0 Å². The van der Waals surface area contributed by atoms with E-state index in [-0.39, 0.29) is 35.1 Å². The van der Waals surface area contributed by atoms with Gasteiger partial charge >= 0.3 is 0 Å². The Labute approximate surface area is 457 Å². The molecule has 0 fully saturated rings. The Morgan fingerprint density at radius 3 is 0.873 bits per heavy atom. The van der Waals surface area contributed by atoms with Crippen molar-refractivity contribution in [3.05, 3.63) is 254 Å². The van der Waals surface area contributed by atoms with E-state index >= 15 is 0 Å². The summed E-state index contributed by atoms with van der Waals surface area (Å²) in [5.74, 6) is 10.1. The highest BCUT2D eigenvalue weighted by Gasteiger charge is 2.24. The highest BCUT2D eigenvalue weighted by atomic mass is 32.2. The SMILES string of the molecule is C#Cc1ccc(Oc2ccc(S(=O)(=O)c3ccc(Oc4ccc(Oc5ccccc5S(=O)(=O)c5ccc(Oc6ccc(Oc7ccc(S(=O)(=O)c8ccc(Oc9cccc(C#C)c9)cc8)cc7)cc6)cc5)cc4)cc3)cc2)cc1. The van der Waals surface area contributed by atoms with E-state index in [0.29, 0.717) is 74.4 Å². The quantitative estimate of drug-likeness (QED) is 0.0750. The van der Waals surface area contributed by atoms with Gasteiger partial charge < -0.3 is 28.4 Å². The normalized spacial score (nSPS) is 11.3. The number of hydrogen-bond donors (Lipinski definition) is 0. The zero-order valence-electron chi connectivity index (χ0n) is 41.4. The first-order valence-electron chi connectivity index (χ1n) is 24.0. The van der Waals surface area contributed by atoms with Crippen LogP contribution in [0.15, 0.2) is 272 Å². The Bertz CT molecular complexity index is 4230. The lowest BCUT2D eigenvalue weighted by Crippen LogP contribution is -2.04. The van der Waals surface area contributed by atoms with Crippen LogP contribution in [0.2, 0.25) is 0 Å². The first-order valence-corrected chi connectivity index (χ1v) is 28.4. The van der Waals surface area contributed by atoms with Gasteiger partial charge in [-0.15, -0.1) is 12.8 Å². The average Bonchev–Trinajstić information content (AvgIpc) is 3.47. The minimum atomic E-state index is -4.07. The van der Waals surface area contributed by atoms with E-state index in [2.05, 4.69) is 11.8 Å². The predicted molar refractivity (Wildman–Crippen MR) is 297 cm³/mol. The van der Waals surface area contributed by atoms with Crippen LogP contribution in [0, 0.1) is 24.7 Å². The minimum Gasteiger partial charge on any atom is -0.457 e. The lowest BCUT2D eigenvalue weighted by Gasteiger charge is -2.13. The first kappa shape index (κ1) is 52.4. The number of ether oxygens (including phenoxy) is 6. The van der Waals surface area contributed by atoms with Crippen molar-refractivity contribution in [2.75, 3.05) is 0 Å². The minimum absolute atomic E-state index is 0.0132. The summed E-state index contributed by atoms with van der Waals surface area (Å²) in [6, 6.07) is 63.8. The second-order valence-electron chi connectivity index (χ2n) is 17.2. The number of rotatable bonds is 18. The third kappa shape index (κ3) is 12.3. The summed E-state index contributed by atoms with van der Waals surface area (Å²) < 4.78 is 117. The largest absolute Gasteiger partial charge is 0.457 e. The molecule has 0 spiro atoms. The molecule has 15 heteroatoms. The fraction of sp³-hybridized carbons (Fsp3) is 0. The van der Waals surface area contributed by atoms with Gasteiger partial charge in [0.1, 0.15) is 73.9 Å². The summed E-state index contributed by atoms with van der Waals surface area (Å²) in [7, 11) is -11.8. The van der Waals surface area contributed by atoms with Crippen molar-refractivity contribution in [3.8, 4) is 93.7 Å². The van der Waals surface area contributed by atoms with Crippen molar-refractivity contribution in [2.24, 2.45) is 0 Å². The van der Waals surface area contributed by atoms with Crippen LogP contribution >= 0.6 is 0 Å². The van der Waals surface area contributed by atoms with Crippen LogP contribution in [0.4, 0.5) is 0 Å². The van der Waals surface area contributed by atoms with E-state index in [0.717, 1.165) is 0 Å². The van der Waals surface area contributed by atoms with Crippen molar-refractivity contribution < 1.29 is 53.7 Å². The van der Waals surface area contributed by atoms with Crippen molar-refractivity contribution in [1.29, 1.82) is 0 Å². The van der Waals surface area contributed by atoms with Gasteiger partial charge in [-0.05, 0) is 224 Å². The van der Waals surface area contributed by atoms with Crippen LogP contribution < -0.4 is 28.4 Å². The maximum Gasteiger partial charge on any atom is 0.210 e. The van der Waals surface area contributed by atoms with E-state index in [9.17, 15) is 25.3 Å². The van der Waals surface area contributed by atoms with Crippen molar-refractivity contribution in [2.45, 2.75) is 29.4 Å². The highest BCUT2D eigenvalue weighted by molar-refractivity contribution is 7.92. The van der Waals surface area contributed by atoms with Gasteiger partial charge in [-0.25, -0.2) is 25.3 Å². The van der Waals surface area contributed by atoms with E-state index in [1.54, 1.807) is 176 Å². The van der Waals surface area contributed by atoms with Gasteiger partial charge in [0.15, 0.2) is 0 Å². The maximum absolute atomic E-state index is 14.0. The van der Waals surface area contributed by atoms with Crippen LogP contribution in [-0.2, 0) is 29.5 Å². The predicted octanol–water partition coefficient (Wildman–Crippen LogP) is 14.9. The Morgan fingerprint density at radius 1 is 0.253 bits per heavy atom. The smallest absolute Gasteiger partial charge is 0.210 e. The van der Waals surface area contributed by atoms with Gasteiger partial charge in [0.25, 0.3) is 0 Å². The number of sulfone groups is 3. The zero-order valence-corrected chi connectivity index (χ0v) is 43.8. The van der Waals surface area contributed by atoms with Crippen LogP contribution in [0.25, 0.3) is 0 Å². The summed E-state index contributed by atoms with van der Waals surface area (Å²) >= 11 is 0. The molecule has 0 amide bonds. The standard InChI is InChI=1S/C64H42O12S3/c1-3-45-12-14-47(15-13-45)71-51-24-34-58(35-25-51)77(65,66)59-38-28-53(29-39-59)74-50-20-22-56(23-21-50)76-63-10-5-6-11-64(63)79(69,70)62-42-32-54(33-43-62)73-49-18-16-48(17-19-49)72-52-26-36-60(37-27-52)78(67,68)61-40-30-55(31-41-61)75-57-9-7-8-46(4-2)44-57/h1-2,5-44H. The lowest BCUT2D eigenvalue weighted by molar-refractivity contribution is 0.460. The zero-order chi connectivity index (χ0) is 55.0. The molecule has 10 aromatic carbocycles. The molecule has 0 heterocycles. The molecule has 388 valence electrons. The van der Waals surface area contributed by atoms with Gasteiger partial charge in [0.2, 0.25) is 29.5 Å². The molecule has 12 nitrogen and oxygen atoms in total. The summed E-state index contributed by atoms with van der Waals surface area (Å²) in [5, 5.41) is 0. The highest BCUT2D eigenvalue weighted by Crippen LogP contribution is 2.37. The molecule has 0 saturated heterocycles. The molecule has 0 aliphatic carbocycles. The number of hydrogen-bond acceptors (Lipinski definition) is 12. The van der Waals surface area contributed by atoms with E-state index in [4.69, 9.17) is 41.3 Å². The van der Waals surface area contributed by atoms with Crippen molar-refractivity contribution in [3.63, 3.8) is 0 Å². The fourth-order valence-electron chi connectivity index (χ4n) is 7.82. The van der Waals surface area contributed by atoms with Gasteiger partial charge in [-0.1, -0.05) is 30.0 Å². The van der Waals surface area contributed by atoms with Crippen LogP contribution in [-0.4, -0.2) is 25.3 Å². The molecule has 0 saturated carbocycles. The molecule has 10 aromatic rings. The summed E-state index contributed by atoms with van der Waals surface area (Å²) in [4.78, 5) is 0.313. The molecular weight excluding hydrogens is 1060 g/mol. The third-order valence-corrected chi connectivity index (χ3v) is 17.3. The molecular formula is C64H42O12S3. The molecule has 79 heavy (non-hydrogen) atoms. The Kier molecular flexibility index (Phi) is 15.0. The van der Waals surface area contributed by atoms with Crippen LogP contribution in [0.3, 0.4) is 0 Å². The van der Waals surface area contributed by atoms with E-state index < -0.39 is 29.5 Å². The Hall–Kier alpha value is -10.0. The molecule has 0 unspecified atom stereocenters. The van der Waals surface area contributed by atoms with Gasteiger partial charge in [0, 0.05) is 11.1 Å². The Morgan fingerprint density at radius 2 is 0.532 bits per heavy atom. The number of terminal acetylenes is 2. The topological polar surface area (TPSA) is 158 Å². The molecule has 0 radical (unpaired) electrons. The molecule has 0 aromatic heterocycles. The maximum atomic E-state index is 14.0. The summed E-state index contributed by atoms with van der Waals surface area (Å²) in [6.07, 6.45) is 10.9. The molecule has 0 aliphatic heterocycles. The molecule has 0 bridgehead atoms. The van der Waals surface area contributed by atoms with E-state index in [1.165, 1.54) is 66.7 Å². The van der Waals surface area contributed by atoms with Crippen molar-refractivity contribution >= 4 is 29.5 Å². The Balaban J connectivity index is 0.713. The number of para-hydroxylation sites is 1. The lowest BCUT2D eigenvalue weighted by atomic mass is 10.2. The van der Waals surface area contributed by atoms with Gasteiger partial charge in [-0.2, -0.15) is 0 Å². The monoisotopic (exact) mass is 1100 g/mol. The van der Waals surface area contributed by atoms with E-state index in [1.807, 2.05) is 0 Å². The molecule has 0 aliphatic rings. The summed E-state index contributed by atoms with van der Waals surface area (Å²) in [5.41, 5.74) is 1.38. The molecule has 0 N–H and O–H groups in total. The third-order valence-electron chi connectivity index (χ3n) is 11.9. The average molecular weight is 1100 g/mol. The summed E-state index contributed by atoms with van der Waals surface area (Å²) in [6.45, 7) is 0. The number of benzene rings is 10. The molecule has 10 rings (SSSR count). The second kappa shape index (κ2) is 22.7. The molecule has 0 atom stereocenters. The first-order chi connectivity index (χ1) is 38.2. The van der Waals surface area contributed by atoms with Crippen LogP contribution in [0.5, 0.6) is 69.0 Å².